The van der Waals surface area contributed by atoms with Crippen molar-refractivity contribution in [1.29, 1.82) is 5.26 Å². The SMILES string of the molecule is N#Cc1cnccc1/C=C/c1cccc(OC2CC2)c1F. The van der Waals surface area contributed by atoms with Crippen LogP contribution in [0.25, 0.3) is 12.2 Å². The Balaban J connectivity index is 1.87. The molecule has 104 valence electrons. The first kappa shape index (κ1) is 13.3. The lowest BCUT2D eigenvalue weighted by Gasteiger charge is -2.07. The van der Waals surface area contributed by atoms with Gasteiger partial charge in [-0.05, 0) is 30.5 Å². The summed E-state index contributed by atoms with van der Waals surface area (Å²) in [6, 6.07) is 8.86. The van der Waals surface area contributed by atoms with Gasteiger partial charge in [-0.2, -0.15) is 5.26 Å². The summed E-state index contributed by atoms with van der Waals surface area (Å²) in [4.78, 5) is 3.89. The Kier molecular flexibility index (Phi) is 3.65. The molecule has 3 nitrogen and oxygen atoms in total. The molecule has 1 saturated carbocycles. The summed E-state index contributed by atoms with van der Waals surface area (Å²) in [6.45, 7) is 0. The number of nitriles is 1. The zero-order chi connectivity index (χ0) is 14.7. The topological polar surface area (TPSA) is 45.9 Å². The first-order valence-corrected chi connectivity index (χ1v) is 6.75. The van der Waals surface area contributed by atoms with Gasteiger partial charge in [0.25, 0.3) is 0 Å². The Morgan fingerprint density at radius 2 is 2.05 bits per heavy atom. The van der Waals surface area contributed by atoms with Crippen molar-refractivity contribution in [3.8, 4) is 11.8 Å². The van der Waals surface area contributed by atoms with Crippen LogP contribution < -0.4 is 4.74 Å². The second-order valence-corrected chi connectivity index (χ2v) is 4.88. The van der Waals surface area contributed by atoms with Gasteiger partial charge >= 0.3 is 0 Å². The number of aromatic nitrogens is 1. The summed E-state index contributed by atoms with van der Waals surface area (Å²) in [5.41, 5.74) is 1.61. The highest BCUT2D eigenvalue weighted by atomic mass is 19.1. The molecule has 0 spiro atoms. The fourth-order valence-corrected chi connectivity index (χ4v) is 1.94. The van der Waals surface area contributed by atoms with E-state index in [-0.39, 0.29) is 17.7 Å². The molecule has 1 aromatic carbocycles. The van der Waals surface area contributed by atoms with Crippen LogP contribution in [0.15, 0.2) is 36.7 Å². The van der Waals surface area contributed by atoms with E-state index in [1.165, 1.54) is 6.20 Å². The summed E-state index contributed by atoms with van der Waals surface area (Å²) in [6.07, 6.45) is 8.57. The molecule has 2 aromatic rings. The highest BCUT2D eigenvalue weighted by Gasteiger charge is 2.25. The van der Waals surface area contributed by atoms with E-state index in [0.29, 0.717) is 16.7 Å². The molecule has 0 N–H and O–H groups in total. The van der Waals surface area contributed by atoms with Crippen LogP contribution in [0.5, 0.6) is 5.75 Å². The van der Waals surface area contributed by atoms with Gasteiger partial charge in [0.05, 0.1) is 11.7 Å². The van der Waals surface area contributed by atoms with Crippen LogP contribution in [-0.2, 0) is 0 Å². The predicted octanol–water partition coefficient (Wildman–Crippen LogP) is 3.80. The van der Waals surface area contributed by atoms with Crippen LogP contribution in [0.4, 0.5) is 4.39 Å². The summed E-state index contributed by atoms with van der Waals surface area (Å²) >= 11 is 0. The summed E-state index contributed by atoms with van der Waals surface area (Å²) in [7, 11) is 0. The van der Waals surface area contributed by atoms with E-state index in [1.54, 1.807) is 42.6 Å². The second-order valence-electron chi connectivity index (χ2n) is 4.88. The van der Waals surface area contributed by atoms with Crippen molar-refractivity contribution in [2.75, 3.05) is 0 Å². The van der Waals surface area contributed by atoms with E-state index in [2.05, 4.69) is 11.1 Å². The predicted molar refractivity (Wildman–Crippen MR) is 77.9 cm³/mol. The average molecular weight is 280 g/mol. The molecule has 3 rings (SSSR count). The first-order valence-electron chi connectivity index (χ1n) is 6.75. The highest BCUT2D eigenvalue weighted by molar-refractivity contribution is 5.73. The number of hydrogen-bond acceptors (Lipinski definition) is 3. The van der Waals surface area contributed by atoms with Crippen molar-refractivity contribution in [2.45, 2.75) is 18.9 Å². The van der Waals surface area contributed by atoms with Crippen LogP contribution in [0.1, 0.15) is 29.5 Å². The van der Waals surface area contributed by atoms with Crippen LogP contribution in [0.3, 0.4) is 0 Å². The number of ether oxygens (including phenoxy) is 1. The molecule has 4 heteroatoms. The van der Waals surface area contributed by atoms with Gasteiger partial charge < -0.3 is 4.74 Å². The summed E-state index contributed by atoms with van der Waals surface area (Å²) in [5, 5.41) is 9.00. The first-order chi connectivity index (χ1) is 10.3. The van der Waals surface area contributed by atoms with E-state index in [9.17, 15) is 4.39 Å². The van der Waals surface area contributed by atoms with Crippen molar-refractivity contribution in [3.05, 3.63) is 59.2 Å². The van der Waals surface area contributed by atoms with Crippen molar-refractivity contribution < 1.29 is 9.13 Å². The normalized spacial score (nSPS) is 14.1. The van der Waals surface area contributed by atoms with Gasteiger partial charge in [-0.1, -0.05) is 24.3 Å². The van der Waals surface area contributed by atoms with Gasteiger partial charge in [0.15, 0.2) is 11.6 Å². The summed E-state index contributed by atoms with van der Waals surface area (Å²) < 4.78 is 19.8. The van der Waals surface area contributed by atoms with E-state index in [1.807, 2.05) is 0 Å². The molecule has 0 aliphatic heterocycles. The third-order valence-corrected chi connectivity index (χ3v) is 3.23. The van der Waals surface area contributed by atoms with Crippen molar-refractivity contribution in [2.24, 2.45) is 0 Å². The lowest BCUT2D eigenvalue weighted by atomic mass is 10.1. The average Bonchev–Trinajstić information content (AvgIpc) is 3.32. The molecule has 0 unspecified atom stereocenters. The van der Waals surface area contributed by atoms with Crippen molar-refractivity contribution in [3.63, 3.8) is 0 Å². The lowest BCUT2D eigenvalue weighted by molar-refractivity contribution is 0.287. The minimum atomic E-state index is -0.367. The number of rotatable bonds is 4. The van der Waals surface area contributed by atoms with Crippen molar-refractivity contribution in [1.82, 2.24) is 4.98 Å². The standard InChI is InChI=1S/C17H13FN2O/c18-17-13(2-1-3-16(17)21-15-6-7-15)5-4-12-8-9-20-11-14(12)10-19/h1-5,8-9,11,15H,6-7H2/b5-4+. The maximum atomic E-state index is 14.3. The minimum Gasteiger partial charge on any atom is -0.487 e. The van der Waals surface area contributed by atoms with Crippen LogP contribution in [0, 0.1) is 17.1 Å². The van der Waals surface area contributed by atoms with Crippen LogP contribution in [-0.4, -0.2) is 11.1 Å². The molecule has 0 amide bonds. The largest absolute Gasteiger partial charge is 0.487 e. The lowest BCUT2D eigenvalue weighted by Crippen LogP contribution is -1.99. The van der Waals surface area contributed by atoms with E-state index in [4.69, 9.17) is 10.00 Å². The van der Waals surface area contributed by atoms with E-state index >= 15 is 0 Å². The number of hydrogen-bond donors (Lipinski definition) is 0. The minimum absolute atomic E-state index is 0.157. The van der Waals surface area contributed by atoms with Crippen LogP contribution in [0.2, 0.25) is 0 Å². The number of halogens is 1. The Hall–Kier alpha value is -2.67. The molecule has 0 atom stereocenters. The Labute approximate surface area is 122 Å². The van der Waals surface area contributed by atoms with Gasteiger partial charge in [0.1, 0.15) is 6.07 Å². The molecular formula is C17H13FN2O. The molecular weight excluding hydrogens is 267 g/mol. The Morgan fingerprint density at radius 3 is 2.81 bits per heavy atom. The summed E-state index contributed by atoms with van der Waals surface area (Å²) in [5.74, 6) is -0.0805. The molecule has 0 bridgehead atoms. The van der Waals surface area contributed by atoms with Gasteiger partial charge in [0, 0.05) is 18.0 Å². The molecule has 1 aliphatic rings. The molecule has 0 saturated heterocycles. The molecule has 1 aromatic heterocycles. The zero-order valence-electron chi connectivity index (χ0n) is 11.3. The van der Waals surface area contributed by atoms with Crippen LogP contribution >= 0.6 is 0 Å². The molecule has 1 heterocycles. The van der Waals surface area contributed by atoms with E-state index < -0.39 is 0 Å². The number of benzene rings is 1. The maximum absolute atomic E-state index is 14.3. The fraction of sp³-hybridized carbons (Fsp3) is 0.176. The Bertz CT molecular complexity index is 730. The van der Waals surface area contributed by atoms with E-state index in [0.717, 1.165) is 12.8 Å². The number of nitrogens with zero attached hydrogens (tertiary/aromatic N) is 2. The fourth-order valence-electron chi connectivity index (χ4n) is 1.94. The highest BCUT2D eigenvalue weighted by Crippen LogP contribution is 2.30. The molecule has 1 aliphatic carbocycles. The van der Waals surface area contributed by atoms with Gasteiger partial charge in [-0.15, -0.1) is 0 Å². The monoisotopic (exact) mass is 280 g/mol. The van der Waals surface area contributed by atoms with Gasteiger partial charge in [-0.25, -0.2) is 4.39 Å². The molecule has 21 heavy (non-hydrogen) atoms. The molecule has 0 radical (unpaired) electrons. The third kappa shape index (κ3) is 3.09. The smallest absolute Gasteiger partial charge is 0.172 e. The van der Waals surface area contributed by atoms with Crippen molar-refractivity contribution >= 4 is 12.2 Å². The maximum Gasteiger partial charge on any atom is 0.172 e. The quantitative estimate of drug-likeness (QED) is 0.855. The zero-order valence-corrected chi connectivity index (χ0v) is 11.3. The molecule has 1 fully saturated rings. The van der Waals surface area contributed by atoms with Gasteiger partial charge in [-0.3, -0.25) is 4.98 Å². The number of pyridine rings is 1. The van der Waals surface area contributed by atoms with Gasteiger partial charge in [0.2, 0.25) is 0 Å². The Morgan fingerprint density at radius 1 is 1.24 bits per heavy atom. The third-order valence-electron chi connectivity index (χ3n) is 3.23. The second kappa shape index (κ2) is 5.76.